The van der Waals surface area contributed by atoms with Crippen molar-refractivity contribution in [2.75, 3.05) is 0 Å². The normalized spacial score (nSPS) is 10.1. The van der Waals surface area contributed by atoms with E-state index in [1.54, 1.807) is 16.8 Å². The van der Waals surface area contributed by atoms with Gasteiger partial charge in [-0.3, -0.25) is 14.8 Å². The van der Waals surface area contributed by atoms with E-state index in [9.17, 15) is 10.1 Å². The van der Waals surface area contributed by atoms with Crippen LogP contribution in [-0.2, 0) is 6.54 Å². The first-order valence-corrected chi connectivity index (χ1v) is 5.74. The summed E-state index contributed by atoms with van der Waals surface area (Å²) in [6.07, 6.45) is 4.18. The number of aryl methyl sites for hydroxylation is 1. The van der Waals surface area contributed by atoms with Gasteiger partial charge in [-0.25, -0.2) is 4.98 Å². The zero-order valence-electron chi connectivity index (χ0n) is 10.3. The molecule has 2 aromatic heterocycles. The van der Waals surface area contributed by atoms with Crippen LogP contribution in [0.1, 0.15) is 19.0 Å². The van der Waals surface area contributed by atoms with Gasteiger partial charge in [-0.1, -0.05) is 6.92 Å². The second kappa shape index (κ2) is 5.27. The molecule has 0 saturated carbocycles. The minimum absolute atomic E-state index is 0.193. The van der Waals surface area contributed by atoms with Crippen LogP contribution in [-0.4, -0.2) is 19.7 Å². The summed E-state index contributed by atoms with van der Waals surface area (Å²) < 4.78 is 1.76. The Morgan fingerprint density at radius 1 is 1.58 bits per heavy atom. The highest BCUT2D eigenvalue weighted by Gasteiger charge is 2.17. The second-order valence-electron chi connectivity index (χ2n) is 3.92. The largest absolute Gasteiger partial charge is 0.306 e. The quantitative estimate of drug-likeness (QED) is 0.617. The summed E-state index contributed by atoms with van der Waals surface area (Å²) in [6, 6.07) is 4.79. The van der Waals surface area contributed by atoms with E-state index in [-0.39, 0.29) is 11.4 Å². The van der Waals surface area contributed by atoms with Crippen molar-refractivity contribution in [3.63, 3.8) is 0 Å². The van der Waals surface area contributed by atoms with Gasteiger partial charge in [-0.05, 0) is 12.5 Å². The molecule has 0 N–H and O–H groups in total. The van der Waals surface area contributed by atoms with E-state index in [0.717, 1.165) is 13.0 Å². The van der Waals surface area contributed by atoms with Gasteiger partial charge in [-0.15, -0.1) is 0 Å². The highest BCUT2D eigenvalue weighted by molar-refractivity contribution is 5.63. The number of hydrogen-bond donors (Lipinski definition) is 0. The van der Waals surface area contributed by atoms with E-state index in [1.807, 2.05) is 13.1 Å². The molecule has 0 atom stereocenters. The lowest BCUT2D eigenvalue weighted by Crippen LogP contribution is -1.98. The maximum Gasteiger partial charge on any atom is 0.306 e. The van der Waals surface area contributed by atoms with Crippen LogP contribution >= 0.6 is 0 Å². The Morgan fingerprint density at radius 3 is 3.00 bits per heavy atom. The first kappa shape index (κ1) is 12.7. The van der Waals surface area contributed by atoms with Crippen molar-refractivity contribution in [1.29, 1.82) is 5.26 Å². The molecule has 7 nitrogen and oxygen atoms in total. The second-order valence-corrected chi connectivity index (χ2v) is 3.92. The summed E-state index contributed by atoms with van der Waals surface area (Å²) in [5, 5.41) is 23.9. The van der Waals surface area contributed by atoms with Crippen molar-refractivity contribution < 1.29 is 4.92 Å². The van der Waals surface area contributed by atoms with Crippen LogP contribution in [0.4, 0.5) is 5.69 Å². The number of aromatic nitrogens is 3. The third kappa shape index (κ3) is 2.57. The number of pyridine rings is 1. The van der Waals surface area contributed by atoms with Gasteiger partial charge in [0, 0.05) is 30.6 Å². The van der Waals surface area contributed by atoms with Crippen LogP contribution in [0.2, 0.25) is 0 Å². The number of rotatable bonds is 4. The van der Waals surface area contributed by atoms with E-state index in [2.05, 4.69) is 10.1 Å². The molecule has 0 saturated heterocycles. The van der Waals surface area contributed by atoms with Gasteiger partial charge < -0.3 is 0 Å². The Bertz CT molecular complexity index is 656. The summed E-state index contributed by atoms with van der Waals surface area (Å²) in [5.41, 5.74) is 0.640. The SMILES string of the molecule is CCCn1ccc(-c2cnc(C#N)c([N+](=O)[O-])c2)n1. The van der Waals surface area contributed by atoms with Crippen molar-refractivity contribution in [2.45, 2.75) is 19.9 Å². The lowest BCUT2D eigenvalue weighted by Gasteiger charge is -1.99. The van der Waals surface area contributed by atoms with Crippen LogP contribution in [0.15, 0.2) is 24.5 Å². The molecule has 0 aliphatic carbocycles. The van der Waals surface area contributed by atoms with E-state index in [1.165, 1.54) is 12.3 Å². The molecule has 0 fully saturated rings. The highest BCUT2D eigenvalue weighted by Crippen LogP contribution is 2.23. The van der Waals surface area contributed by atoms with E-state index < -0.39 is 4.92 Å². The summed E-state index contributed by atoms with van der Waals surface area (Å²) in [4.78, 5) is 14.0. The van der Waals surface area contributed by atoms with Gasteiger partial charge in [0.15, 0.2) is 0 Å². The molecule has 0 radical (unpaired) electrons. The zero-order chi connectivity index (χ0) is 13.8. The summed E-state index contributed by atoms with van der Waals surface area (Å²) in [7, 11) is 0. The Kier molecular flexibility index (Phi) is 3.52. The van der Waals surface area contributed by atoms with Gasteiger partial charge in [0.05, 0.1) is 10.6 Å². The molecule has 19 heavy (non-hydrogen) atoms. The Morgan fingerprint density at radius 2 is 2.37 bits per heavy atom. The van der Waals surface area contributed by atoms with Gasteiger partial charge in [0.1, 0.15) is 6.07 Å². The lowest BCUT2D eigenvalue weighted by molar-refractivity contribution is -0.385. The fraction of sp³-hybridized carbons (Fsp3) is 0.250. The van der Waals surface area contributed by atoms with Gasteiger partial charge in [-0.2, -0.15) is 10.4 Å². The van der Waals surface area contributed by atoms with Crippen LogP contribution in [0.3, 0.4) is 0 Å². The van der Waals surface area contributed by atoms with Gasteiger partial charge in [0.25, 0.3) is 0 Å². The average molecular weight is 257 g/mol. The maximum absolute atomic E-state index is 10.9. The van der Waals surface area contributed by atoms with Crippen molar-refractivity contribution in [3.05, 3.63) is 40.3 Å². The van der Waals surface area contributed by atoms with E-state index in [0.29, 0.717) is 11.3 Å². The summed E-state index contributed by atoms with van der Waals surface area (Å²) >= 11 is 0. The molecule has 2 aromatic rings. The van der Waals surface area contributed by atoms with Crippen LogP contribution in [0, 0.1) is 21.4 Å². The van der Waals surface area contributed by atoms with E-state index in [4.69, 9.17) is 5.26 Å². The number of hydrogen-bond acceptors (Lipinski definition) is 5. The van der Waals surface area contributed by atoms with Gasteiger partial charge >= 0.3 is 5.69 Å². The third-order valence-corrected chi connectivity index (χ3v) is 2.56. The molecular weight excluding hydrogens is 246 g/mol. The molecule has 7 heteroatoms. The highest BCUT2D eigenvalue weighted by atomic mass is 16.6. The predicted molar refractivity (Wildman–Crippen MR) is 67.1 cm³/mol. The zero-order valence-corrected chi connectivity index (χ0v) is 10.3. The van der Waals surface area contributed by atoms with E-state index >= 15 is 0 Å². The Balaban J connectivity index is 2.42. The molecule has 0 spiro atoms. The molecule has 0 amide bonds. The van der Waals surface area contributed by atoms with Crippen molar-refractivity contribution >= 4 is 5.69 Å². The van der Waals surface area contributed by atoms with Crippen LogP contribution in [0.5, 0.6) is 0 Å². The minimum Gasteiger partial charge on any atom is -0.272 e. The molecule has 0 aromatic carbocycles. The lowest BCUT2D eigenvalue weighted by atomic mass is 10.2. The van der Waals surface area contributed by atoms with Crippen LogP contribution in [0.25, 0.3) is 11.3 Å². The van der Waals surface area contributed by atoms with Gasteiger partial charge in [0.2, 0.25) is 5.69 Å². The fourth-order valence-corrected chi connectivity index (χ4v) is 1.69. The molecule has 0 unspecified atom stereocenters. The monoisotopic (exact) mass is 257 g/mol. The predicted octanol–water partition coefficient (Wildman–Crippen LogP) is 2.13. The Labute approximate surface area is 109 Å². The minimum atomic E-state index is -0.613. The molecule has 0 bridgehead atoms. The summed E-state index contributed by atoms with van der Waals surface area (Å²) in [5.74, 6) is 0. The molecular formula is C12H11N5O2. The molecule has 0 aliphatic rings. The maximum atomic E-state index is 10.9. The molecule has 2 rings (SSSR count). The van der Waals surface area contributed by atoms with Crippen molar-refractivity contribution in [3.8, 4) is 17.3 Å². The molecule has 0 aliphatic heterocycles. The first-order chi connectivity index (χ1) is 9.15. The molecule has 2 heterocycles. The smallest absolute Gasteiger partial charge is 0.272 e. The van der Waals surface area contributed by atoms with Crippen molar-refractivity contribution in [1.82, 2.24) is 14.8 Å². The Hall–Kier alpha value is -2.75. The first-order valence-electron chi connectivity index (χ1n) is 5.74. The van der Waals surface area contributed by atoms with Crippen molar-refractivity contribution in [2.24, 2.45) is 0 Å². The number of nitriles is 1. The van der Waals surface area contributed by atoms with Crippen LogP contribution < -0.4 is 0 Å². The standard InChI is InChI=1S/C12H11N5O2/c1-2-4-16-5-3-10(15-16)9-6-12(17(18)19)11(7-13)14-8-9/h3,5-6,8H,2,4H2,1H3. The topological polar surface area (TPSA) is 97.6 Å². The fourth-order valence-electron chi connectivity index (χ4n) is 1.69. The number of nitrogens with zero attached hydrogens (tertiary/aromatic N) is 5. The number of nitro groups is 1. The summed E-state index contributed by atoms with van der Waals surface area (Å²) in [6.45, 7) is 2.82. The molecule has 96 valence electrons. The average Bonchev–Trinajstić information content (AvgIpc) is 2.87. The third-order valence-electron chi connectivity index (χ3n) is 2.56.